The molecule has 0 bridgehead atoms. The second-order valence-electron chi connectivity index (χ2n) is 12.2. The van der Waals surface area contributed by atoms with Gasteiger partial charge < -0.3 is 30.4 Å². The molecule has 2 aromatic heterocycles. The molecule has 2 fully saturated rings. The van der Waals surface area contributed by atoms with E-state index in [1.165, 1.54) is 10.9 Å². The zero-order valence-electron chi connectivity index (χ0n) is 26.7. The van der Waals surface area contributed by atoms with Crippen LogP contribution in [0.5, 0.6) is 0 Å². The van der Waals surface area contributed by atoms with E-state index in [2.05, 4.69) is 32.8 Å². The van der Waals surface area contributed by atoms with Gasteiger partial charge >= 0.3 is 12.1 Å². The average molecular weight is 669 g/mol. The first-order valence-electron chi connectivity index (χ1n) is 16.3. The number of aliphatic hydroxyl groups is 1. The molecule has 0 spiro atoms. The molecule has 0 radical (unpaired) electrons. The summed E-state index contributed by atoms with van der Waals surface area (Å²) >= 11 is 0. The number of imidazole rings is 1. The second kappa shape index (κ2) is 13.9. The van der Waals surface area contributed by atoms with Gasteiger partial charge in [-0.15, -0.1) is 0 Å². The summed E-state index contributed by atoms with van der Waals surface area (Å²) in [6.07, 6.45) is -4.98. The highest BCUT2D eigenvalue weighted by Crippen LogP contribution is 2.37. The maximum Gasteiger partial charge on any atom is 0.490 e. The Morgan fingerprint density at radius 2 is 1.88 bits per heavy atom. The van der Waals surface area contributed by atoms with Crippen LogP contribution in [0.3, 0.4) is 0 Å². The third-order valence-electron chi connectivity index (χ3n) is 9.27. The fourth-order valence-corrected chi connectivity index (χ4v) is 6.79. The Morgan fingerprint density at radius 3 is 2.65 bits per heavy atom. The molecular weight excluding hydrogens is 629 g/mol. The number of likely N-dealkylation sites (tertiary alicyclic amines) is 1. The van der Waals surface area contributed by atoms with Crippen LogP contribution in [0, 0.1) is 0 Å². The molecule has 12 nitrogen and oxygen atoms in total. The lowest BCUT2D eigenvalue weighted by Crippen LogP contribution is -2.45. The molecule has 5 atom stereocenters. The van der Waals surface area contributed by atoms with Gasteiger partial charge in [-0.1, -0.05) is 56.3 Å². The number of hydrogen-bond acceptors (Lipinski definition) is 10. The fourth-order valence-electron chi connectivity index (χ4n) is 6.79. The Kier molecular flexibility index (Phi) is 9.69. The van der Waals surface area contributed by atoms with Gasteiger partial charge in [0, 0.05) is 25.6 Å². The fraction of sp³-hybridized carbons (Fsp3) is 0.485. The molecule has 0 unspecified atom stereocenters. The van der Waals surface area contributed by atoms with Crippen LogP contribution < -0.4 is 16.0 Å². The number of nitrogens with one attached hydrogen (secondary N) is 3. The van der Waals surface area contributed by atoms with Gasteiger partial charge in [-0.05, 0) is 48.7 Å². The number of carbonyl (C=O) groups excluding carboxylic acids is 2. The Hall–Kier alpha value is -4.50. The van der Waals surface area contributed by atoms with Crippen LogP contribution in [0.1, 0.15) is 51.1 Å². The summed E-state index contributed by atoms with van der Waals surface area (Å²) in [6, 6.07) is 12.3. The van der Waals surface area contributed by atoms with Gasteiger partial charge in [0.15, 0.2) is 23.1 Å². The van der Waals surface area contributed by atoms with Crippen molar-refractivity contribution >= 4 is 45.6 Å². The molecule has 1 saturated heterocycles. The van der Waals surface area contributed by atoms with E-state index in [-0.39, 0.29) is 30.5 Å². The third-order valence-corrected chi connectivity index (χ3v) is 9.27. The predicted molar refractivity (Wildman–Crippen MR) is 173 cm³/mol. The monoisotopic (exact) mass is 668 g/mol. The van der Waals surface area contributed by atoms with E-state index >= 15 is 0 Å². The molecule has 1 amide bonds. The lowest BCUT2D eigenvalue weighted by Gasteiger charge is -2.25. The maximum atomic E-state index is 13.3. The van der Waals surface area contributed by atoms with E-state index in [0.717, 1.165) is 42.3 Å². The lowest BCUT2D eigenvalue weighted by molar-refractivity contribution is -0.209. The average Bonchev–Trinajstić information content (AvgIpc) is 3.79. The molecule has 2 aliphatic rings. The van der Waals surface area contributed by atoms with Crippen LogP contribution in [0.25, 0.3) is 21.9 Å². The summed E-state index contributed by atoms with van der Waals surface area (Å²) in [6.45, 7) is 6.62. The van der Waals surface area contributed by atoms with Crippen LogP contribution in [-0.2, 0) is 20.9 Å². The third kappa shape index (κ3) is 6.88. The van der Waals surface area contributed by atoms with Crippen molar-refractivity contribution < 1.29 is 32.6 Å². The van der Waals surface area contributed by atoms with E-state index in [1.807, 2.05) is 42.5 Å². The molecule has 1 aliphatic carbocycles. The number of carbonyl (C=O) groups is 2. The van der Waals surface area contributed by atoms with Crippen LogP contribution in [0.2, 0.25) is 0 Å². The standard InChI is InChI=1S/C33H39F3N8O4/c1-3-25(45)40-23-15-24(28(27(23)46)48-31(47)33(34,35)36)44-18-39-26-29(37-16-20-11-7-10-19-9-5-6-13-22(19)20)41-32(42-30(26)44)38-17-21-12-8-14-43(21)4-2/h5-7,9-11,13,18,21,23-24,27-28,46H,3-4,8,12,14-17H2,1-2H3,(H,40,45)(H2,37,38,41,42)/t21-,23+,24-,27-,28+/m1/s1. The van der Waals surface area contributed by atoms with Crippen molar-refractivity contribution in [3.8, 4) is 0 Å². The number of benzene rings is 2. The van der Waals surface area contributed by atoms with Gasteiger partial charge in [-0.25, -0.2) is 9.78 Å². The van der Waals surface area contributed by atoms with Gasteiger partial charge in [-0.2, -0.15) is 23.1 Å². The minimum absolute atomic E-state index is 0.0345. The van der Waals surface area contributed by atoms with Crippen molar-refractivity contribution in [3.63, 3.8) is 0 Å². The Bertz CT molecular complexity index is 1780. The highest BCUT2D eigenvalue weighted by Gasteiger charge is 2.51. The Morgan fingerprint density at radius 1 is 1.08 bits per heavy atom. The molecule has 1 saturated carbocycles. The minimum atomic E-state index is -5.28. The largest absolute Gasteiger partial charge is 0.490 e. The summed E-state index contributed by atoms with van der Waals surface area (Å²) in [4.78, 5) is 40.6. The van der Waals surface area contributed by atoms with Crippen molar-refractivity contribution in [1.82, 2.24) is 29.7 Å². The number of anilines is 2. The van der Waals surface area contributed by atoms with E-state index < -0.39 is 42.3 Å². The van der Waals surface area contributed by atoms with E-state index in [1.54, 1.807) is 6.92 Å². The van der Waals surface area contributed by atoms with Gasteiger partial charge in [0.1, 0.15) is 6.10 Å². The number of ether oxygens (including phenoxy) is 1. The van der Waals surface area contributed by atoms with Crippen molar-refractivity contribution in [2.45, 2.75) is 82.6 Å². The highest BCUT2D eigenvalue weighted by molar-refractivity contribution is 5.87. The van der Waals surface area contributed by atoms with Crippen LogP contribution in [-0.4, -0.2) is 91.5 Å². The first-order valence-corrected chi connectivity index (χ1v) is 16.3. The number of amides is 1. The van der Waals surface area contributed by atoms with Crippen LogP contribution in [0.4, 0.5) is 24.9 Å². The number of aliphatic hydroxyl groups excluding tert-OH is 1. The summed E-state index contributed by atoms with van der Waals surface area (Å²) < 4.78 is 46.3. The molecule has 3 heterocycles. The topological polar surface area (TPSA) is 147 Å². The molecule has 4 aromatic rings. The van der Waals surface area contributed by atoms with Crippen molar-refractivity contribution in [2.24, 2.45) is 0 Å². The number of alkyl halides is 3. The lowest BCUT2D eigenvalue weighted by atomic mass is 10.0. The van der Waals surface area contributed by atoms with Gasteiger partial charge in [0.05, 0.1) is 18.4 Å². The van der Waals surface area contributed by atoms with Crippen molar-refractivity contribution in [2.75, 3.05) is 30.3 Å². The van der Waals surface area contributed by atoms with Crippen molar-refractivity contribution in [1.29, 1.82) is 0 Å². The van der Waals surface area contributed by atoms with E-state index in [0.29, 0.717) is 24.4 Å². The molecule has 6 rings (SSSR count). The molecular formula is C33H39F3N8O4. The van der Waals surface area contributed by atoms with Gasteiger partial charge in [0.25, 0.3) is 0 Å². The number of rotatable bonds is 11. The maximum absolute atomic E-state index is 13.3. The summed E-state index contributed by atoms with van der Waals surface area (Å²) in [5, 5.41) is 22.6. The number of hydrogen-bond donors (Lipinski definition) is 4. The molecule has 48 heavy (non-hydrogen) atoms. The highest BCUT2D eigenvalue weighted by atomic mass is 19.4. The molecule has 2 aromatic carbocycles. The van der Waals surface area contributed by atoms with Crippen LogP contribution >= 0.6 is 0 Å². The molecule has 15 heteroatoms. The first-order chi connectivity index (χ1) is 23.1. The SMILES string of the molecule is CCC(=O)N[C@H]1C[C@@H](n2cnc3c(NCc4cccc5ccccc45)nc(NC[C@H]4CCCN4CC)nc32)[C@H](OC(=O)C(F)(F)F)[C@@H]1O. The second-order valence-corrected chi connectivity index (χ2v) is 12.2. The molecule has 4 N–H and O–H groups in total. The number of halogens is 3. The van der Waals surface area contributed by atoms with Gasteiger partial charge in [0.2, 0.25) is 11.9 Å². The molecule has 256 valence electrons. The predicted octanol–water partition coefficient (Wildman–Crippen LogP) is 4.16. The summed E-state index contributed by atoms with van der Waals surface area (Å²) in [7, 11) is 0. The summed E-state index contributed by atoms with van der Waals surface area (Å²) in [5.41, 5.74) is 1.62. The smallest absolute Gasteiger partial charge is 0.451 e. The number of fused-ring (bicyclic) bond motifs is 2. The zero-order chi connectivity index (χ0) is 34.0. The van der Waals surface area contributed by atoms with Crippen LogP contribution in [0.15, 0.2) is 48.8 Å². The number of likely N-dealkylation sites (N-methyl/N-ethyl adjacent to an activating group) is 1. The number of esters is 1. The molecule has 1 aliphatic heterocycles. The van der Waals surface area contributed by atoms with Crippen molar-refractivity contribution in [3.05, 3.63) is 54.4 Å². The van der Waals surface area contributed by atoms with Gasteiger partial charge in [-0.3, -0.25) is 9.69 Å². The first kappa shape index (κ1) is 33.4. The minimum Gasteiger partial charge on any atom is -0.451 e. The Balaban J connectivity index is 1.37. The zero-order valence-corrected chi connectivity index (χ0v) is 26.7. The number of nitrogens with zero attached hydrogens (tertiary/aromatic N) is 5. The summed E-state index contributed by atoms with van der Waals surface area (Å²) in [5.74, 6) is -2.16. The number of aromatic nitrogens is 4. The Labute approximate surface area is 275 Å². The van der Waals surface area contributed by atoms with E-state index in [4.69, 9.17) is 14.7 Å². The normalized spacial score (nSPS) is 23.1. The van der Waals surface area contributed by atoms with E-state index in [9.17, 15) is 27.9 Å². The quantitative estimate of drug-likeness (QED) is 0.172.